The molecule has 0 saturated heterocycles. The van der Waals surface area contributed by atoms with Crippen LogP contribution in [0, 0.1) is 5.82 Å². The minimum atomic E-state index is -0.423. The number of hydrogen-bond donors (Lipinski definition) is 2. The molecule has 2 rings (SSSR count). The molecule has 1 aromatic carbocycles. The molecule has 0 bridgehead atoms. The Kier molecular flexibility index (Phi) is 3.15. The van der Waals surface area contributed by atoms with Crippen LogP contribution >= 0.6 is 0 Å². The fourth-order valence-electron chi connectivity index (χ4n) is 1.35. The summed E-state index contributed by atoms with van der Waals surface area (Å²) in [6, 6.07) is 7.40. The molecule has 0 aliphatic rings. The van der Waals surface area contributed by atoms with E-state index in [1.54, 1.807) is 18.2 Å². The number of aromatic nitrogens is 2. The van der Waals surface area contributed by atoms with E-state index in [2.05, 4.69) is 20.5 Å². The number of benzene rings is 1. The fourth-order valence-corrected chi connectivity index (χ4v) is 1.35. The van der Waals surface area contributed by atoms with Gasteiger partial charge in [0, 0.05) is 5.56 Å². The van der Waals surface area contributed by atoms with Crippen LogP contribution in [0.15, 0.2) is 30.3 Å². The van der Waals surface area contributed by atoms with Gasteiger partial charge >= 0.3 is 0 Å². The highest BCUT2D eigenvalue weighted by Crippen LogP contribution is 2.17. The van der Waals surface area contributed by atoms with Gasteiger partial charge in [-0.1, -0.05) is 0 Å². The molecule has 0 atom stereocenters. The van der Waals surface area contributed by atoms with E-state index < -0.39 is 5.91 Å². The van der Waals surface area contributed by atoms with Gasteiger partial charge < -0.3 is 0 Å². The van der Waals surface area contributed by atoms with Crippen molar-refractivity contribution in [3.8, 4) is 11.3 Å². The van der Waals surface area contributed by atoms with Crippen LogP contribution < -0.4 is 5.48 Å². The number of H-pyrrole nitrogens is 1. The first-order valence-corrected chi connectivity index (χ1v) is 4.85. The number of halogens is 1. The molecule has 6 heteroatoms. The molecule has 0 unspecified atom stereocenters. The molecule has 1 aromatic heterocycles. The average molecular weight is 235 g/mol. The quantitative estimate of drug-likeness (QED) is 0.792. The van der Waals surface area contributed by atoms with Gasteiger partial charge in [0.1, 0.15) is 11.5 Å². The highest BCUT2D eigenvalue weighted by atomic mass is 19.1. The first kappa shape index (κ1) is 11.3. The van der Waals surface area contributed by atoms with Gasteiger partial charge in [-0.25, -0.2) is 9.87 Å². The maximum Gasteiger partial charge on any atom is 0.292 e. The summed E-state index contributed by atoms with van der Waals surface area (Å²) < 4.78 is 12.7. The molecule has 0 aliphatic heterocycles. The lowest BCUT2D eigenvalue weighted by molar-refractivity contribution is 0.0532. The molecule has 2 N–H and O–H groups in total. The predicted octanol–water partition coefficient (Wildman–Crippen LogP) is 1.51. The van der Waals surface area contributed by atoms with Crippen LogP contribution in [0.1, 0.15) is 10.5 Å². The number of hydrogen-bond acceptors (Lipinski definition) is 3. The average Bonchev–Trinajstić information content (AvgIpc) is 2.80. The molecule has 0 aliphatic carbocycles. The second-order valence-electron chi connectivity index (χ2n) is 3.31. The van der Waals surface area contributed by atoms with Gasteiger partial charge in [0.2, 0.25) is 0 Å². The first-order valence-electron chi connectivity index (χ1n) is 4.85. The highest BCUT2D eigenvalue weighted by Gasteiger charge is 2.10. The minimum absolute atomic E-state index is 0.270. The summed E-state index contributed by atoms with van der Waals surface area (Å²) in [5.74, 6) is -0.741. The number of aromatic amines is 1. The number of nitrogens with zero attached hydrogens (tertiary/aromatic N) is 1. The summed E-state index contributed by atoms with van der Waals surface area (Å²) in [5, 5.41) is 6.52. The Labute approximate surface area is 96.6 Å². The third-order valence-corrected chi connectivity index (χ3v) is 2.16. The van der Waals surface area contributed by atoms with E-state index in [4.69, 9.17) is 0 Å². The third-order valence-electron chi connectivity index (χ3n) is 2.16. The summed E-state index contributed by atoms with van der Waals surface area (Å²) in [6.07, 6.45) is 0. The maximum absolute atomic E-state index is 12.7. The van der Waals surface area contributed by atoms with Crippen molar-refractivity contribution in [3.63, 3.8) is 0 Å². The molecule has 1 amide bonds. The zero-order valence-electron chi connectivity index (χ0n) is 9.03. The maximum atomic E-state index is 12.7. The second kappa shape index (κ2) is 4.75. The van der Waals surface area contributed by atoms with Gasteiger partial charge in [-0.2, -0.15) is 5.10 Å². The van der Waals surface area contributed by atoms with Gasteiger partial charge in [-0.3, -0.25) is 14.7 Å². The normalized spacial score (nSPS) is 10.2. The van der Waals surface area contributed by atoms with Crippen LogP contribution in [0.3, 0.4) is 0 Å². The molecule has 0 saturated carbocycles. The second-order valence-corrected chi connectivity index (χ2v) is 3.31. The van der Waals surface area contributed by atoms with E-state index in [0.29, 0.717) is 5.69 Å². The SMILES string of the molecule is CONC(=O)c1cc(-c2ccc(F)cc2)n[nH]1. The predicted molar refractivity (Wildman–Crippen MR) is 58.5 cm³/mol. The Balaban J connectivity index is 2.23. The van der Waals surface area contributed by atoms with Crippen LogP contribution in [0.4, 0.5) is 4.39 Å². The molecule has 0 spiro atoms. The zero-order valence-corrected chi connectivity index (χ0v) is 9.03. The summed E-state index contributed by atoms with van der Waals surface area (Å²) in [5.41, 5.74) is 3.72. The molecule has 5 nitrogen and oxygen atoms in total. The Hall–Kier alpha value is -2.21. The van der Waals surface area contributed by atoms with Crippen molar-refractivity contribution >= 4 is 5.91 Å². The fraction of sp³-hybridized carbons (Fsp3) is 0.0909. The van der Waals surface area contributed by atoms with Crippen molar-refractivity contribution in [2.75, 3.05) is 7.11 Å². The lowest BCUT2D eigenvalue weighted by atomic mass is 10.1. The molecule has 17 heavy (non-hydrogen) atoms. The van der Waals surface area contributed by atoms with Crippen molar-refractivity contribution < 1.29 is 14.0 Å². The summed E-state index contributed by atoms with van der Waals surface area (Å²) in [7, 11) is 1.34. The number of carbonyl (C=O) groups excluding carboxylic acids is 1. The topological polar surface area (TPSA) is 67.0 Å². The number of hydroxylamine groups is 1. The molecule has 88 valence electrons. The van der Waals surface area contributed by atoms with Gasteiger partial charge in [-0.15, -0.1) is 0 Å². The molecule has 2 aromatic rings. The van der Waals surface area contributed by atoms with Crippen LogP contribution in [-0.2, 0) is 4.84 Å². The van der Waals surface area contributed by atoms with E-state index in [9.17, 15) is 9.18 Å². The van der Waals surface area contributed by atoms with Gasteiger partial charge in [0.15, 0.2) is 0 Å². The van der Waals surface area contributed by atoms with Crippen molar-refractivity contribution in [1.29, 1.82) is 0 Å². The van der Waals surface area contributed by atoms with Gasteiger partial charge in [0.25, 0.3) is 5.91 Å². The number of carbonyl (C=O) groups is 1. The lowest BCUT2D eigenvalue weighted by Crippen LogP contribution is -2.22. The van der Waals surface area contributed by atoms with E-state index in [0.717, 1.165) is 5.56 Å². The number of rotatable bonds is 3. The van der Waals surface area contributed by atoms with Crippen molar-refractivity contribution in [3.05, 3.63) is 41.8 Å². The third kappa shape index (κ3) is 2.48. The van der Waals surface area contributed by atoms with Crippen molar-refractivity contribution in [2.24, 2.45) is 0 Å². The Morgan fingerprint density at radius 2 is 2.12 bits per heavy atom. The molecular formula is C11H10FN3O2. The van der Waals surface area contributed by atoms with E-state index in [1.807, 2.05) is 0 Å². The minimum Gasteiger partial charge on any atom is -0.277 e. The van der Waals surface area contributed by atoms with Crippen LogP contribution in [-0.4, -0.2) is 23.2 Å². The standard InChI is InChI=1S/C11H10FN3O2/c1-17-15-11(16)10-6-9(13-14-10)7-2-4-8(12)5-3-7/h2-6H,1H3,(H,13,14)(H,15,16). The molecular weight excluding hydrogens is 225 g/mol. The Morgan fingerprint density at radius 1 is 1.41 bits per heavy atom. The summed E-state index contributed by atoms with van der Waals surface area (Å²) in [6.45, 7) is 0. The van der Waals surface area contributed by atoms with Crippen LogP contribution in [0.2, 0.25) is 0 Å². The molecule has 0 fully saturated rings. The van der Waals surface area contributed by atoms with Gasteiger partial charge in [-0.05, 0) is 30.3 Å². The van der Waals surface area contributed by atoms with Gasteiger partial charge in [0.05, 0.1) is 12.8 Å². The number of amides is 1. The van der Waals surface area contributed by atoms with Crippen LogP contribution in [0.25, 0.3) is 11.3 Å². The first-order chi connectivity index (χ1) is 8.20. The molecule has 0 radical (unpaired) electrons. The number of nitrogens with one attached hydrogen (secondary N) is 2. The highest BCUT2D eigenvalue weighted by molar-refractivity contribution is 5.92. The van der Waals surface area contributed by atoms with Crippen molar-refractivity contribution in [2.45, 2.75) is 0 Å². The van der Waals surface area contributed by atoms with E-state index in [-0.39, 0.29) is 11.5 Å². The summed E-state index contributed by atoms with van der Waals surface area (Å²) >= 11 is 0. The lowest BCUT2D eigenvalue weighted by Gasteiger charge is -1.96. The summed E-state index contributed by atoms with van der Waals surface area (Å²) in [4.78, 5) is 15.9. The van der Waals surface area contributed by atoms with E-state index in [1.165, 1.54) is 19.2 Å². The van der Waals surface area contributed by atoms with E-state index >= 15 is 0 Å². The van der Waals surface area contributed by atoms with Crippen molar-refractivity contribution in [1.82, 2.24) is 15.7 Å². The smallest absolute Gasteiger partial charge is 0.277 e. The van der Waals surface area contributed by atoms with Crippen LogP contribution in [0.5, 0.6) is 0 Å². The Bertz CT molecular complexity index is 522. The zero-order chi connectivity index (χ0) is 12.3. The Morgan fingerprint density at radius 3 is 2.76 bits per heavy atom. The molecule has 1 heterocycles. The largest absolute Gasteiger partial charge is 0.292 e. The monoisotopic (exact) mass is 235 g/mol.